The second-order valence-electron chi connectivity index (χ2n) is 3.41. The highest BCUT2D eigenvalue weighted by atomic mass is 16.5. The fourth-order valence-electron chi connectivity index (χ4n) is 1.22. The maximum Gasteiger partial charge on any atom is 0.121 e. The summed E-state index contributed by atoms with van der Waals surface area (Å²) in [6.45, 7) is 4.05. The highest BCUT2D eigenvalue weighted by molar-refractivity contribution is 6.32. The van der Waals surface area contributed by atoms with Crippen LogP contribution in [0.4, 0.5) is 0 Å². The number of hydrogen-bond donors (Lipinski definition) is 0. The van der Waals surface area contributed by atoms with Crippen LogP contribution in [0, 0.1) is 6.92 Å². The average Bonchev–Trinajstić information content (AvgIpc) is 2.19. The summed E-state index contributed by atoms with van der Waals surface area (Å²) in [5, 5.41) is 0. The van der Waals surface area contributed by atoms with Gasteiger partial charge < -0.3 is 4.74 Å². The van der Waals surface area contributed by atoms with E-state index < -0.39 is 0 Å². The topological polar surface area (TPSA) is 9.23 Å². The van der Waals surface area contributed by atoms with E-state index in [1.807, 2.05) is 25.1 Å². The van der Waals surface area contributed by atoms with E-state index in [0.717, 1.165) is 23.2 Å². The van der Waals surface area contributed by atoms with E-state index >= 15 is 0 Å². The second kappa shape index (κ2) is 5.14. The summed E-state index contributed by atoms with van der Waals surface area (Å²) in [6.07, 6.45) is 1.52. The molecule has 0 amide bonds. The number of aryl methyl sites for hydroxylation is 1. The van der Waals surface area contributed by atoms with Gasteiger partial charge in [-0.3, -0.25) is 0 Å². The third kappa shape index (κ3) is 2.83. The summed E-state index contributed by atoms with van der Waals surface area (Å²) >= 11 is 0. The average molecular weight is 184 g/mol. The van der Waals surface area contributed by atoms with Crippen molar-refractivity contribution in [1.29, 1.82) is 0 Å². The summed E-state index contributed by atoms with van der Waals surface area (Å²) in [6, 6.07) is 5.66. The van der Waals surface area contributed by atoms with Gasteiger partial charge in [0.05, 0.1) is 14.0 Å². The Hall–Kier alpha value is -0.850. The minimum atomic E-state index is 0.0792. The van der Waals surface area contributed by atoms with E-state index in [1.54, 1.807) is 0 Å². The summed E-state index contributed by atoms with van der Waals surface area (Å²) in [5.74, 6) is 0.835. The first kappa shape index (κ1) is 11.2. The molecule has 0 aliphatic rings. The fourth-order valence-corrected chi connectivity index (χ4v) is 1.22. The zero-order chi connectivity index (χ0) is 10.6. The van der Waals surface area contributed by atoms with Crippen molar-refractivity contribution in [1.82, 2.24) is 0 Å². The van der Waals surface area contributed by atoms with Crippen LogP contribution in [0.25, 0.3) is 0 Å². The van der Waals surface area contributed by atoms with Crippen LogP contribution < -0.4 is 10.2 Å². The molecule has 1 aromatic carbocycles. The first-order chi connectivity index (χ1) is 6.67. The molecule has 0 fully saturated rings. The molecule has 0 aliphatic heterocycles. The van der Waals surface area contributed by atoms with Crippen LogP contribution in [0.15, 0.2) is 18.2 Å². The monoisotopic (exact) mass is 184 g/mol. The fraction of sp³-hybridized carbons (Fsp3) is 0.455. The molecule has 0 bridgehead atoms. The summed E-state index contributed by atoms with van der Waals surface area (Å²) < 4.78 is 5.72. The van der Waals surface area contributed by atoms with Crippen LogP contribution in [-0.2, 0) is 0 Å². The molecule has 4 radical (unpaired) electrons. The minimum absolute atomic E-state index is 0.0792. The smallest absolute Gasteiger partial charge is 0.121 e. The van der Waals surface area contributed by atoms with E-state index in [2.05, 4.69) is 6.92 Å². The van der Waals surface area contributed by atoms with Crippen LogP contribution in [0.3, 0.4) is 0 Å². The van der Waals surface area contributed by atoms with Gasteiger partial charge in [-0.2, -0.15) is 0 Å². The molecule has 0 aromatic heterocycles. The Labute approximate surface area is 88.7 Å². The van der Waals surface area contributed by atoms with Crippen molar-refractivity contribution < 1.29 is 4.74 Å². The zero-order valence-electron chi connectivity index (χ0n) is 8.79. The Morgan fingerprint density at radius 1 is 1.43 bits per heavy atom. The molecule has 70 valence electrons. The molecule has 1 rings (SSSR count). The highest BCUT2D eigenvalue weighted by Gasteiger charge is 2.06. The second-order valence-corrected chi connectivity index (χ2v) is 3.41. The largest absolute Gasteiger partial charge is 0.491 e. The third-order valence-electron chi connectivity index (χ3n) is 2.22. The van der Waals surface area contributed by atoms with Crippen molar-refractivity contribution in [2.45, 2.75) is 32.7 Å². The Bertz CT molecular complexity index is 295. The first-order valence-corrected chi connectivity index (χ1v) is 4.90. The van der Waals surface area contributed by atoms with Crippen LogP contribution in [0.2, 0.25) is 6.32 Å². The molecule has 0 heterocycles. The van der Waals surface area contributed by atoms with Crippen molar-refractivity contribution >= 4 is 21.2 Å². The SMILES string of the molecule is [B]CC(CC)Oc1cc([B])ccc1C. The van der Waals surface area contributed by atoms with Crippen LogP contribution in [-0.4, -0.2) is 21.8 Å². The molecule has 1 nitrogen and oxygen atoms in total. The van der Waals surface area contributed by atoms with Gasteiger partial charge in [0.2, 0.25) is 0 Å². The van der Waals surface area contributed by atoms with Crippen LogP contribution in [0.5, 0.6) is 5.75 Å². The molecular formula is C11H14B2O. The summed E-state index contributed by atoms with van der Waals surface area (Å²) in [7, 11) is 11.2. The van der Waals surface area contributed by atoms with Gasteiger partial charge in [0.1, 0.15) is 13.6 Å². The lowest BCUT2D eigenvalue weighted by Crippen LogP contribution is -2.16. The van der Waals surface area contributed by atoms with E-state index in [4.69, 9.17) is 20.4 Å². The molecule has 0 aliphatic carbocycles. The molecule has 1 atom stereocenters. The van der Waals surface area contributed by atoms with Crippen molar-refractivity contribution in [3.8, 4) is 5.75 Å². The molecule has 14 heavy (non-hydrogen) atoms. The van der Waals surface area contributed by atoms with Gasteiger partial charge in [0.15, 0.2) is 0 Å². The van der Waals surface area contributed by atoms with Gasteiger partial charge in [-0.05, 0) is 25.0 Å². The molecule has 1 aromatic rings. The van der Waals surface area contributed by atoms with Crippen LogP contribution >= 0.6 is 0 Å². The molecule has 0 spiro atoms. The maximum absolute atomic E-state index is 5.72. The molecule has 0 N–H and O–H groups in total. The Balaban J connectivity index is 2.79. The van der Waals surface area contributed by atoms with Crippen molar-refractivity contribution in [2.75, 3.05) is 0 Å². The minimum Gasteiger partial charge on any atom is -0.491 e. The number of benzene rings is 1. The van der Waals surface area contributed by atoms with Gasteiger partial charge in [-0.25, -0.2) is 0 Å². The van der Waals surface area contributed by atoms with E-state index in [1.165, 1.54) is 0 Å². The Morgan fingerprint density at radius 3 is 2.71 bits per heavy atom. The van der Waals surface area contributed by atoms with E-state index in [0.29, 0.717) is 6.32 Å². The molecule has 0 saturated carbocycles. The van der Waals surface area contributed by atoms with Gasteiger partial charge in [-0.1, -0.05) is 30.8 Å². The normalized spacial score (nSPS) is 12.4. The van der Waals surface area contributed by atoms with Crippen molar-refractivity contribution in [3.05, 3.63) is 23.8 Å². The third-order valence-corrected chi connectivity index (χ3v) is 2.22. The molecule has 3 heteroatoms. The van der Waals surface area contributed by atoms with E-state index in [-0.39, 0.29) is 6.10 Å². The Kier molecular flexibility index (Phi) is 4.12. The molecule has 1 unspecified atom stereocenters. The number of rotatable bonds is 4. The Morgan fingerprint density at radius 2 is 2.14 bits per heavy atom. The first-order valence-electron chi connectivity index (χ1n) is 4.90. The van der Waals surface area contributed by atoms with E-state index in [9.17, 15) is 0 Å². The maximum atomic E-state index is 5.72. The van der Waals surface area contributed by atoms with Gasteiger partial charge in [-0.15, -0.1) is 0 Å². The predicted octanol–water partition coefficient (Wildman–Crippen LogP) is 1.53. The molecule has 0 saturated heterocycles. The van der Waals surface area contributed by atoms with Crippen molar-refractivity contribution in [3.63, 3.8) is 0 Å². The standard InChI is InChI=1S/C11H14B2O/c1-3-10(7-12)14-11-6-9(13)5-4-8(11)2/h4-6,10H,3,7H2,1-2H3. The lowest BCUT2D eigenvalue weighted by Gasteiger charge is -2.18. The lowest BCUT2D eigenvalue weighted by atomic mass is 9.94. The van der Waals surface area contributed by atoms with Gasteiger partial charge >= 0.3 is 0 Å². The zero-order valence-corrected chi connectivity index (χ0v) is 8.79. The van der Waals surface area contributed by atoms with Crippen LogP contribution in [0.1, 0.15) is 18.9 Å². The van der Waals surface area contributed by atoms with Gasteiger partial charge in [0.25, 0.3) is 0 Å². The molecular weight excluding hydrogens is 170 g/mol. The van der Waals surface area contributed by atoms with Crippen molar-refractivity contribution in [2.24, 2.45) is 0 Å². The quantitative estimate of drug-likeness (QED) is 0.644. The summed E-state index contributed by atoms with van der Waals surface area (Å²) in [5.41, 5.74) is 1.81. The lowest BCUT2D eigenvalue weighted by molar-refractivity contribution is 0.216. The summed E-state index contributed by atoms with van der Waals surface area (Å²) in [4.78, 5) is 0. The number of ether oxygens (including phenoxy) is 1. The predicted molar refractivity (Wildman–Crippen MR) is 61.8 cm³/mol. The highest BCUT2D eigenvalue weighted by Crippen LogP contribution is 2.18. The number of hydrogen-bond acceptors (Lipinski definition) is 1. The van der Waals surface area contributed by atoms with Gasteiger partial charge in [0, 0.05) is 0 Å².